The topological polar surface area (TPSA) is 44.1 Å². The Morgan fingerprint density at radius 1 is 1.47 bits per heavy atom. The Morgan fingerprint density at radius 3 is 2.95 bits per heavy atom. The number of carbonyl (C=O) groups is 1. The van der Waals surface area contributed by atoms with Gasteiger partial charge in [0.15, 0.2) is 0 Å². The number of halogens is 1. The predicted molar refractivity (Wildman–Crippen MR) is 76.2 cm³/mol. The lowest BCUT2D eigenvalue weighted by atomic mass is 10.1. The van der Waals surface area contributed by atoms with Gasteiger partial charge in [-0.25, -0.2) is 4.79 Å². The largest absolute Gasteiger partial charge is 0.462 e. The summed E-state index contributed by atoms with van der Waals surface area (Å²) in [5, 5.41) is 4.17. The zero-order valence-electron chi connectivity index (χ0n) is 10.9. The Kier molecular flexibility index (Phi) is 4.37. The van der Waals surface area contributed by atoms with Crippen LogP contribution in [0.1, 0.15) is 28.4 Å². The highest BCUT2D eigenvalue weighted by molar-refractivity contribution is 9.10. The number of carbonyl (C=O) groups excluding carboxylic acids is 1. The van der Waals surface area contributed by atoms with E-state index in [2.05, 4.69) is 27.1 Å². The number of nitrogens with zero attached hydrogens (tertiary/aromatic N) is 2. The van der Waals surface area contributed by atoms with Crippen LogP contribution in [0, 0.1) is 6.92 Å². The molecule has 0 aliphatic carbocycles. The lowest BCUT2D eigenvalue weighted by Gasteiger charge is -2.04. The van der Waals surface area contributed by atoms with Crippen LogP contribution in [0.15, 0.2) is 35.1 Å². The van der Waals surface area contributed by atoms with Crippen molar-refractivity contribution in [2.45, 2.75) is 20.4 Å². The molecular formula is C14H15BrN2O2. The zero-order chi connectivity index (χ0) is 13.8. The molecule has 100 valence electrons. The van der Waals surface area contributed by atoms with E-state index in [9.17, 15) is 4.79 Å². The Balaban J connectivity index is 2.11. The summed E-state index contributed by atoms with van der Waals surface area (Å²) in [7, 11) is 0. The van der Waals surface area contributed by atoms with Crippen molar-refractivity contribution in [3.05, 3.63) is 51.8 Å². The van der Waals surface area contributed by atoms with Crippen molar-refractivity contribution in [3.8, 4) is 0 Å². The standard InChI is InChI=1S/C14H15BrN2O2/c1-3-19-14(18)12-7-16-17(9-12)8-11-4-5-13(15)10(2)6-11/h4-7,9H,3,8H2,1-2H3. The molecule has 5 heteroatoms. The Hall–Kier alpha value is -1.62. The highest BCUT2D eigenvalue weighted by atomic mass is 79.9. The van der Waals surface area contributed by atoms with Gasteiger partial charge in [0.05, 0.1) is 24.9 Å². The van der Waals surface area contributed by atoms with Crippen LogP contribution in [0.3, 0.4) is 0 Å². The molecule has 2 rings (SSSR count). The maximum absolute atomic E-state index is 11.5. The lowest BCUT2D eigenvalue weighted by Crippen LogP contribution is -2.04. The molecule has 0 saturated heterocycles. The molecule has 0 aliphatic heterocycles. The maximum atomic E-state index is 11.5. The van der Waals surface area contributed by atoms with E-state index in [4.69, 9.17) is 4.74 Å². The first kappa shape index (κ1) is 13.8. The SMILES string of the molecule is CCOC(=O)c1cnn(Cc2ccc(Br)c(C)c2)c1. The van der Waals surface area contributed by atoms with Crippen molar-refractivity contribution in [2.75, 3.05) is 6.61 Å². The summed E-state index contributed by atoms with van der Waals surface area (Å²) in [6.07, 6.45) is 3.24. The molecule has 0 N–H and O–H groups in total. The van der Waals surface area contributed by atoms with Gasteiger partial charge in [0.2, 0.25) is 0 Å². The molecule has 0 bridgehead atoms. The van der Waals surface area contributed by atoms with Crippen molar-refractivity contribution in [3.63, 3.8) is 0 Å². The second-order valence-electron chi connectivity index (χ2n) is 4.23. The summed E-state index contributed by atoms with van der Waals surface area (Å²) in [6, 6.07) is 6.14. The van der Waals surface area contributed by atoms with E-state index in [1.807, 2.05) is 19.1 Å². The van der Waals surface area contributed by atoms with E-state index in [1.165, 1.54) is 11.8 Å². The second kappa shape index (κ2) is 6.02. The number of benzene rings is 1. The van der Waals surface area contributed by atoms with E-state index in [0.717, 1.165) is 10.0 Å². The Labute approximate surface area is 120 Å². The molecule has 0 unspecified atom stereocenters. The fourth-order valence-electron chi connectivity index (χ4n) is 1.76. The zero-order valence-corrected chi connectivity index (χ0v) is 12.5. The molecule has 0 saturated carbocycles. The summed E-state index contributed by atoms with van der Waals surface area (Å²) in [5.41, 5.74) is 2.80. The summed E-state index contributed by atoms with van der Waals surface area (Å²) in [4.78, 5) is 11.5. The van der Waals surface area contributed by atoms with Crippen molar-refractivity contribution in [1.29, 1.82) is 0 Å². The molecule has 0 spiro atoms. The van der Waals surface area contributed by atoms with Crippen LogP contribution >= 0.6 is 15.9 Å². The molecule has 19 heavy (non-hydrogen) atoms. The Bertz CT molecular complexity index is 593. The van der Waals surface area contributed by atoms with E-state index in [-0.39, 0.29) is 5.97 Å². The van der Waals surface area contributed by atoms with Gasteiger partial charge in [-0.2, -0.15) is 5.10 Å². The Morgan fingerprint density at radius 2 is 2.26 bits per heavy atom. The van der Waals surface area contributed by atoms with Crippen LogP contribution in [0.4, 0.5) is 0 Å². The number of rotatable bonds is 4. The van der Waals surface area contributed by atoms with Crippen LogP contribution in [-0.2, 0) is 11.3 Å². The van der Waals surface area contributed by atoms with Crippen LogP contribution in [0.2, 0.25) is 0 Å². The first-order valence-electron chi connectivity index (χ1n) is 6.04. The highest BCUT2D eigenvalue weighted by Gasteiger charge is 2.09. The summed E-state index contributed by atoms with van der Waals surface area (Å²) in [5.74, 6) is -0.333. The van der Waals surface area contributed by atoms with E-state index >= 15 is 0 Å². The maximum Gasteiger partial charge on any atom is 0.341 e. The molecule has 0 amide bonds. The summed E-state index contributed by atoms with van der Waals surface area (Å²) >= 11 is 3.47. The van der Waals surface area contributed by atoms with E-state index < -0.39 is 0 Å². The molecule has 0 radical (unpaired) electrons. The molecule has 1 heterocycles. The van der Waals surface area contributed by atoms with Gasteiger partial charge in [0, 0.05) is 10.7 Å². The minimum absolute atomic E-state index is 0.333. The average Bonchev–Trinajstić information content (AvgIpc) is 2.83. The monoisotopic (exact) mass is 322 g/mol. The minimum atomic E-state index is -0.333. The van der Waals surface area contributed by atoms with Crippen molar-refractivity contribution < 1.29 is 9.53 Å². The molecule has 1 aromatic carbocycles. The average molecular weight is 323 g/mol. The summed E-state index contributed by atoms with van der Waals surface area (Å²) < 4.78 is 7.75. The normalized spacial score (nSPS) is 10.5. The summed E-state index contributed by atoms with van der Waals surface area (Å²) in [6.45, 7) is 4.83. The van der Waals surface area contributed by atoms with Gasteiger partial charge >= 0.3 is 5.97 Å². The third-order valence-electron chi connectivity index (χ3n) is 2.71. The minimum Gasteiger partial charge on any atom is -0.462 e. The number of hydrogen-bond donors (Lipinski definition) is 0. The fraction of sp³-hybridized carbons (Fsp3) is 0.286. The van der Waals surface area contributed by atoms with Gasteiger partial charge in [-0.1, -0.05) is 28.1 Å². The number of esters is 1. The highest BCUT2D eigenvalue weighted by Crippen LogP contribution is 2.17. The van der Waals surface area contributed by atoms with Crippen LogP contribution in [-0.4, -0.2) is 22.4 Å². The van der Waals surface area contributed by atoms with Crippen molar-refractivity contribution in [2.24, 2.45) is 0 Å². The number of aryl methyl sites for hydroxylation is 1. The number of aromatic nitrogens is 2. The third kappa shape index (κ3) is 3.44. The quantitative estimate of drug-likeness (QED) is 0.812. The van der Waals surface area contributed by atoms with Crippen molar-refractivity contribution >= 4 is 21.9 Å². The van der Waals surface area contributed by atoms with E-state index in [1.54, 1.807) is 17.8 Å². The number of ether oxygens (including phenoxy) is 1. The van der Waals surface area contributed by atoms with Gasteiger partial charge < -0.3 is 4.74 Å². The fourth-order valence-corrected chi connectivity index (χ4v) is 2.01. The molecular weight excluding hydrogens is 308 g/mol. The van der Waals surface area contributed by atoms with Gasteiger partial charge in [0.1, 0.15) is 0 Å². The molecule has 0 fully saturated rings. The molecule has 2 aromatic rings. The van der Waals surface area contributed by atoms with Crippen LogP contribution in [0.5, 0.6) is 0 Å². The van der Waals surface area contributed by atoms with E-state index in [0.29, 0.717) is 18.7 Å². The van der Waals surface area contributed by atoms with Crippen molar-refractivity contribution in [1.82, 2.24) is 9.78 Å². The molecule has 1 aromatic heterocycles. The predicted octanol–water partition coefficient (Wildman–Crippen LogP) is 3.18. The first-order chi connectivity index (χ1) is 9.10. The van der Waals surface area contributed by atoms with Gasteiger partial charge in [-0.3, -0.25) is 4.68 Å². The smallest absolute Gasteiger partial charge is 0.341 e. The van der Waals surface area contributed by atoms with Crippen LogP contribution < -0.4 is 0 Å². The van der Waals surface area contributed by atoms with Gasteiger partial charge in [-0.15, -0.1) is 0 Å². The molecule has 0 aliphatic rings. The lowest BCUT2D eigenvalue weighted by molar-refractivity contribution is 0.0526. The second-order valence-corrected chi connectivity index (χ2v) is 5.08. The first-order valence-corrected chi connectivity index (χ1v) is 6.84. The van der Waals surface area contributed by atoms with Crippen LogP contribution in [0.25, 0.3) is 0 Å². The molecule has 0 atom stereocenters. The molecule has 4 nitrogen and oxygen atoms in total. The third-order valence-corrected chi connectivity index (χ3v) is 3.60. The number of hydrogen-bond acceptors (Lipinski definition) is 3. The van der Waals surface area contributed by atoms with Gasteiger partial charge in [-0.05, 0) is 31.0 Å². The van der Waals surface area contributed by atoms with Gasteiger partial charge in [0.25, 0.3) is 0 Å².